The fourth-order valence-corrected chi connectivity index (χ4v) is 4.90. The van der Waals surface area contributed by atoms with E-state index in [1.54, 1.807) is 13.1 Å². The first-order valence-corrected chi connectivity index (χ1v) is 9.49. The topological polar surface area (TPSA) is 49.4 Å². The minimum absolute atomic E-state index is 0.348. The molecule has 0 amide bonds. The van der Waals surface area contributed by atoms with Gasteiger partial charge in [-0.25, -0.2) is 12.7 Å². The van der Waals surface area contributed by atoms with Gasteiger partial charge in [-0.3, -0.25) is 0 Å². The number of nitrogens with one attached hydrogen (secondary N) is 1. The van der Waals surface area contributed by atoms with Crippen LogP contribution in [0.4, 0.5) is 0 Å². The van der Waals surface area contributed by atoms with Crippen molar-refractivity contribution < 1.29 is 8.42 Å². The number of hydrogen-bond acceptors (Lipinski definition) is 4. The SMILES string of the molecule is CC(C)NCc1sccc1S(=O)(=O)N(C)CC1CCC1. The summed E-state index contributed by atoms with van der Waals surface area (Å²) in [4.78, 5) is 1.37. The second kappa shape index (κ2) is 6.56. The molecule has 20 heavy (non-hydrogen) atoms. The summed E-state index contributed by atoms with van der Waals surface area (Å²) in [7, 11) is -1.64. The molecule has 1 aromatic heterocycles. The Morgan fingerprint density at radius 3 is 2.70 bits per heavy atom. The Labute approximate surface area is 126 Å². The quantitative estimate of drug-likeness (QED) is 0.841. The Morgan fingerprint density at radius 1 is 1.45 bits per heavy atom. The summed E-state index contributed by atoms with van der Waals surface area (Å²) < 4.78 is 26.8. The maximum absolute atomic E-state index is 12.6. The van der Waals surface area contributed by atoms with Gasteiger partial charge in [0.1, 0.15) is 0 Å². The Hall–Kier alpha value is -0.430. The minimum Gasteiger partial charge on any atom is -0.310 e. The third-order valence-electron chi connectivity index (χ3n) is 3.80. The molecule has 1 aliphatic rings. The Kier molecular flexibility index (Phi) is 5.23. The van der Waals surface area contributed by atoms with Crippen LogP contribution < -0.4 is 5.32 Å². The molecule has 0 atom stereocenters. The highest BCUT2D eigenvalue weighted by atomic mass is 32.2. The first-order valence-electron chi connectivity index (χ1n) is 7.17. The van der Waals surface area contributed by atoms with E-state index in [1.165, 1.54) is 22.1 Å². The van der Waals surface area contributed by atoms with Gasteiger partial charge in [-0.15, -0.1) is 11.3 Å². The molecule has 0 bridgehead atoms. The number of rotatable bonds is 7. The second-order valence-corrected chi connectivity index (χ2v) is 8.84. The summed E-state index contributed by atoms with van der Waals surface area (Å²) >= 11 is 1.51. The second-order valence-electron chi connectivity index (χ2n) is 5.83. The zero-order valence-corrected chi connectivity index (χ0v) is 14.1. The fourth-order valence-electron chi connectivity index (χ4n) is 2.29. The summed E-state index contributed by atoms with van der Waals surface area (Å²) in [5, 5.41) is 5.15. The van der Waals surface area contributed by atoms with E-state index in [2.05, 4.69) is 19.2 Å². The van der Waals surface area contributed by atoms with Gasteiger partial charge in [0.25, 0.3) is 0 Å². The van der Waals surface area contributed by atoms with Crippen molar-refractivity contribution in [3.05, 3.63) is 16.3 Å². The molecule has 2 rings (SSSR count). The fraction of sp³-hybridized carbons (Fsp3) is 0.714. The summed E-state index contributed by atoms with van der Waals surface area (Å²) in [5.41, 5.74) is 0. The summed E-state index contributed by atoms with van der Waals surface area (Å²) in [5.74, 6) is 0.547. The molecule has 1 saturated carbocycles. The van der Waals surface area contributed by atoms with E-state index >= 15 is 0 Å². The summed E-state index contributed by atoms with van der Waals surface area (Å²) in [6, 6.07) is 2.08. The van der Waals surface area contributed by atoms with E-state index in [9.17, 15) is 8.42 Å². The van der Waals surface area contributed by atoms with Gasteiger partial charge in [0.2, 0.25) is 10.0 Å². The lowest BCUT2D eigenvalue weighted by molar-refractivity contribution is 0.263. The number of nitrogens with zero attached hydrogens (tertiary/aromatic N) is 1. The van der Waals surface area contributed by atoms with E-state index in [0.29, 0.717) is 29.9 Å². The van der Waals surface area contributed by atoms with Crippen molar-refractivity contribution >= 4 is 21.4 Å². The van der Waals surface area contributed by atoms with Crippen molar-refractivity contribution in [2.45, 2.75) is 50.6 Å². The van der Waals surface area contributed by atoms with E-state index in [1.807, 2.05) is 5.38 Å². The predicted molar refractivity (Wildman–Crippen MR) is 83.5 cm³/mol. The molecule has 1 N–H and O–H groups in total. The van der Waals surface area contributed by atoms with Crippen molar-refractivity contribution in [1.29, 1.82) is 0 Å². The van der Waals surface area contributed by atoms with Crippen LogP contribution in [0.15, 0.2) is 16.3 Å². The third-order valence-corrected chi connectivity index (χ3v) is 6.76. The van der Waals surface area contributed by atoms with E-state index in [0.717, 1.165) is 17.7 Å². The molecular formula is C14H24N2O2S2. The van der Waals surface area contributed by atoms with Crippen LogP contribution in [0, 0.1) is 5.92 Å². The monoisotopic (exact) mass is 316 g/mol. The standard InChI is InChI=1S/C14H24N2O2S2/c1-11(2)15-9-13-14(7-8-19-13)20(17,18)16(3)10-12-5-4-6-12/h7-8,11-12,15H,4-6,9-10H2,1-3H3. The molecule has 4 nitrogen and oxygen atoms in total. The van der Waals surface area contributed by atoms with E-state index in [-0.39, 0.29) is 0 Å². The minimum atomic E-state index is -3.34. The van der Waals surface area contributed by atoms with Crippen LogP contribution in [-0.4, -0.2) is 32.4 Å². The molecule has 1 fully saturated rings. The van der Waals surface area contributed by atoms with Crippen LogP contribution in [0.1, 0.15) is 38.0 Å². The van der Waals surface area contributed by atoms with Gasteiger partial charge in [0.15, 0.2) is 0 Å². The molecule has 0 saturated heterocycles. The molecule has 1 heterocycles. The highest BCUT2D eigenvalue weighted by molar-refractivity contribution is 7.89. The lowest BCUT2D eigenvalue weighted by atomic mass is 9.86. The Bertz CT molecular complexity index is 533. The van der Waals surface area contributed by atoms with Gasteiger partial charge >= 0.3 is 0 Å². The van der Waals surface area contributed by atoms with Crippen LogP contribution in [0.2, 0.25) is 0 Å². The maximum Gasteiger partial charge on any atom is 0.243 e. The van der Waals surface area contributed by atoms with Crippen LogP contribution >= 0.6 is 11.3 Å². The zero-order chi connectivity index (χ0) is 14.8. The average molecular weight is 316 g/mol. The molecule has 1 aliphatic carbocycles. The Morgan fingerprint density at radius 2 is 2.15 bits per heavy atom. The van der Waals surface area contributed by atoms with Crippen molar-refractivity contribution in [2.75, 3.05) is 13.6 Å². The molecule has 0 spiro atoms. The molecule has 6 heteroatoms. The van der Waals surface area contributed by atoms with Crippen molar-refractivity contribution in [1.82, 2.24) is 9.62 Å². The highest BCUT2D eigenvalue weighted by Crippen LogP contribution is 2.30. The van der Waals surface area contributed by atoms with Gasteiger partial charge < -0.3 is 5.32 Å². The molecule has 0 aromatic carbocycles. The van der Waals surface area contributed by atoms with Gasteiger partial charge in [0, 0.05) is 31.1 Å². The lowest BCUT2D eigenvalue weighted by Gasteiger charge is -2.29. The maximum atomic E-state index is 12.6. The zero-order valence-electron chi connectivity index (χ0n) is 12.4. The predicted octanol–water partition coefficient (Wildman–Crippen LogP) is 2.67. The Balaban J connectivity index is 2.09. The van der Waals surface area contributed by atoms with Gasteiger partial charge in [-0.2, -0.15) is 0 Å². The molecule has 0 aliphatic heterocycles. The first-order chi connectivity index (χ1) is 9.41. The molecule has 0 radical (unpaired) electrons. The highest BCUT2D eigenvalue weighted by Gasteiger charge is 2.28. The van der Waals surface area contributed by atoms with Gasteiger partial charge in [0.05, 0.1) is 4.90 Å². The number of sulfonamides is 1. The third kappa shape index (κ3) is 3.61. The van der Waals surface area contributed by atoms with Crippen molar-refractivity contribution in [2.24, 2.45) is 5.92 Å². The van der Waals surface area contributed by atoms with Crippen LogP contribution in [0.3, 0.4) is 0 Å². The van der Waals surface area contributed by atoms with Gasteiger partial charge in [-0.05, 0) is 30.2 Å². The first kappa shape index (κ1) is 15.9. The molecule has 114 valence electrons. The molecular weight excluding hydrogens is 292 g/mol. The summed E-state index contributed by atoms with van der Waals surface area (Å²) in [6.07, 6.45) is 3.55. The molecule has 0 unspecified atom stereocenters. The van der Waals surface area contributed by atoms with E-state index in [4.69, 9.17) is 0 Å². The largest absolute Gasteiger partial charge is 0.310 e. The van der Waals surface area contributed by atoms with Crippen LogP contribution in [-0.2, 0) is 16.6 Å². The summed E-state index contributed by atoms with van der Waals surface area (Å²) in [6.45, 7) is 5.38. The van der Waals surface area contributed by atoms with Crippen molar-refractivity contribution in [3.8, 4) is 0 Å². The normalized spacial score (nSPS) is 16.9. The van der Waals surface area contributed by atoms with Gasteiger partial charge in [-0.1, -0.05) is 20.3 Å². The van der Waals surface area contributed by atoms with Crippen molar-refractivity contribution in [3.63, 3.8) is 0 Å². The number of hydrogen-bond donors (Lipinski definition) is 1. The molecule has 1 aromatic rings. The van der Waals surface area contributed by atoms with E-state index < -0.39 is 10.0 Å². The average Bonchev–Trinajstić information content (AvgIpc) is 2.79. The van der Waals surface area contributed by atoms with Crippen LogP contribution in [0.25, 0.3) is 0 Å². The number of thiophene rings is 1. The van der Waals surface area contributed by atoms with Crippen LogP contribution in [0.5, 0.6) is 0 Å². The lowest BCUT2D eigenvalue weighted by Crippen LogP contribution is -2.34. The smallest absolute Gasteiger partial charge is 0.243 e.